The Balaban J connectivity index is 1.87. The number of hydrogen-bond acceptors (Lipinski definition) is 3. The fourth-order valence-corrected chi connectivity index (χ4v) is 2.93. The van der Waals surface area contributed by atoms with Crippen molar-refractivity contribution < 1.29 is 5.11 Å². The fraction of sp³-hybridized carbons (Fsp3) is 0.667. The number of nitrogens with one attached hydrogen (secondary N) is 1. The van der Waals surface area contributed by atoms with Crippen molar-refractivity contribution in [1.29, 1.82) is 0 Å². The van der Waals surface area contributed by atoms with E-state index in [0.717, 1.165) is 4.88 Å². The van der Waals surface area contributed by atoms with Gasteiger partial charge in [-0.2, -0.15) is 0 Å². The highest BCUT2D eigenvalue weighted by molar-refractivity contribution is 7.10. The van der Waals surface area contributed by atoms with Crippen molar-refractivity contribution in [3.63, 3.8) is 0 Å². The van der Waals surface area contributed by atoms with Crippen molar-refractivity contribution in [2.75, 3.05) is 6.54 Å². The predicted octanol–water partition coefficient (Wildman–Crippen LogP) is 2.49. The zero-order valence-corrected chi connectivity index (χ0v) is 10.0. The largest absolute Gasteiger partial charge is 0.383 e. The highest BCUT2D eigenvalue weighted by Gasteiger charge is 2.25. The van der Waals surface area contributed by atoms with Gasteiger partial charge in [0, 0.05) is 17.5 Å². The van der Waals surface area contributed by atoms with Crippen molar-refractivity contribution >= 4 is 11.3 Å². The Morgan fingerprint density at radius 1 is 1.53 bits per heavy atom. The number of thiophene rings is 1. The average molecular weight is 225 g/mol. The van der Waals surface area contributed by atoms with Crippen LogP contribution < -0.4 is 5.32 Å². The molecular formula is C12H19NOS. The molecule has 0 saturated heterocycles. The van der Waals surface area contributed by atoms with E-state index >= 15 is 0 Å². The van der Waals surface area contributed by atoms with Crippen LogP contribution >= 0.6 is 11.3 Å². The first-order chi connectivity index (χ1) is 7.18. The zero-order valence-electron chi connectivity index (χ0n) is 9.20. The standard InChI is InChI=1S/C12H19NOS/c1-12(14,11-7-4-8-15-11)9-13-10-5-2-3-6-10/h4,7-8,10,13-14H,2-3,5-6,9H2,1H3. The molecule has 0 aliphatic heterocycles. The normalized spacial score (nSPS) is 21.7. The molecule has 1 aromatic rings. The van der Waals surface area contributed by atoms with Gasteiger partial charge in [-0.3, -0.25) is 0 Å². The maximum Gasteiger partial charge on any atom is 0.108 e. The molecule has 0 radical (unpaired) electrons. The average Bonchev–Trinajstić information content (AvgIpc) is 2.88. The molecule has 1 heterocycles. The smallest absolute Gasteiger partial charge is 0.108 e. The molecule has 3 heteroatoms. The van der Waals surface area contributed by atoms with E-state index in [4.69, 9.17) is 0 Å². The molecule has 1 aliphatic rings. The van der Waals surface area contributed by atoms with E-state index in [1.807, 2.05) is 24.4 Å². The summed E-state index contributed by atoms with van der Waals surface area (Å²) in [7, 11) is 0. The van der Waals surface area contributed by atoms with E-state index in [-0.39, 0.29) is 0 Å². The summed E-state index contributed by atoms with van der Waals surface area (Å²) in [5, 5.41) is 15.8. The van der Waals surface area contributed by atoms with Gasteiger partial charge in [0.05, 0.1) is 0 Å². The van der Waals surface area contributed by atoms with Gasteiger partial charge in [0.15, 0.2) is 0 Å². The molecule has 2 nitrogen and oxygen atoms in total. The number of aliphatic hydroxyl groups is 1. The first kappa shape index (κ1) is 11.1. The summed E-state index contributed by atoms with van der Waals surface area (Å²) >= 11 is 1.62. The Kier molecular flexibility index (Phi) is 3.44. The highest BCUT2D eigenvalue weighted by atomic mass is 32.1. The molecule has 2 N–H and O–H groups in total. The zero-order chi connectivity index (χ0) is 10.7. The third-order valence-corrected chi connectivity index (χ3v) is 4.27. The second kappa shape index (κ2) is 4.64. The van der Waals surface area contributed by atoms with E-state index in [2.05, 4.69) is 5.32 Å². The minimum absolute atomic E-state index is 0.622. The molecule has 1 atom stereocenters. The molecule has 1 unspecified atom stereocenters. The lowest BCUT2D eigenvalue weighted by Gasteiger charge is -2.24. The Bertz CT molecular complexity index is 289. The minimum Gasteiger partial charge on any atom is -0.383 e. The summed E-state index contributed by atoms with van der Waals surface area (Å²) in [6.45, 7) is 2.55. The van der Waals surface area contributed by atoms with Gasteiger partial charge in [-0.1, -0.05) is 18.9 Å². The summed E-state index contributed by atoms with van der Waals surface area (Å²) in [5.41, 5.74) is -0.712. The molecule has 84 valence electrons. The Morgan fingerprint density at radius 2 is 2.27 bits per heavy atom. The monoisotopic (exact) mass is 225 g/mol. The van der Waals surface area contributed by atoms with Crippen molar-refractivity contribution in [2.24, 2.45) is 0 Å². The molecule has 1 aliphatic carbocycles. The van der Waals surface area contributed by atoms with E-state index in [1.165, 1.54) is 25.7 Å². The predicted molar refractivity (Wildman–Crippen MR) is 64.1 cm³/mol. The first-order valence-corrected chi connectivity index (χ1v) is 6.56. The van der Waals surface area contributed by atoms with E-state index in [9.17, 15) is 5.11 Å². The fourth-order valence-electron chi connectivity index (χ4n) is 2.15. The molecule has 0 aromatic carbocycles. The van der Waals surface area contributed by atoms with Crippen LogP contribution in [0.5, 0.6) is 0 Å². The van der Waals surface area contributed by atoms with Crippen molar-refractivity contribution in [3.8, 4) is 0 Å². The van der Waals surface area contributed by atoms with Crippen LogP contribution in [0.3, 0.4) is 0 Å². The van der Waals surface area contributed by atoms with Gasteiger partial charge >= 0.3 is 0 Å². The van der Waals surface area contributed by atoms with Gasteiger partial charge in [-0.05, 0) is 31.2 Å². The molecular weight excluding hydrogens is 206 g/mol. The van der Waals surface area contributed by atoms with Crippen LogP contribution in [0.1, 0.15) is 37.5 Å². The highest BCUT2D eigenvalue weighted by Crippen LogP contribution is 2.25. The SMILES string of the molecule is CC(O)(CNC1CCCC1)c1cccs1. The summed E-state index contributed by atoms with van der Waals surface area (Å²) < 4.78 is 0. The second-order valence-electron chi connectivity index (χ2n) is 4.61. The van der Waals surface area contributed by atoms with E-state index in [1.54, 1.807) is 11.3 Å². The van der Waals surface area contributed by atoms with Crippen LogP contribution in [0.15, 0.2) is 17.5 Å². The Morgan fingerprint density at radius 3 is 2.87 bits per heavy atom. The van der Waals surface area contributed by atoms with Crippen LogP contribution in [-0.4, -0.2) is 17.7 Å². The maximum absolute atomic E-state index is 10.3. The summed E-state index contributed by atoms with van der Waals surface area (Å²) in [6.07, 6.45) is 5.19. The van der Waals surface area contributed by atoms with Gasteiger partial charge in [0.2, 0.25) is 0 Å². The van der Waals surface area contributed by atoms with Crippen LogP contribution in [0.4, 0.5) is 0 Å². The van der Waals surface area contributed by atoms with Gasteiger partial charge in [0.1, 0.15) is 5.60 Å². The molecule has 0 spiro atoms. The van der Waals surface area contributed by atoms with Gasteiger partial charge < -0.3 is 10.4 Å². The summed E-state index contributed by atoms with van der Waals surface area (Å²) in [4.78, 5) is 1.05. The number of hydrogen-bond donors (Lipinski definition) is 2. The molecule has 1 aromatic heterocycles. The van der Waals surface area contributed by atoms with E-state index in [0.29, 0.717) is 12.6 Å². The van der Waals surface area contributed by atoms with Crippen LogP contribution in [0.25, 0.3) is 0 Å². The van der Waals surface area contributed by atoms with Crippen molar-refractivity contribution in [3.05, 3.63) is 22.4 Å². The quantitative estimate of drug-likeness (QED) is 0.825. The third-order valence-electron chi connectivity index (χ3n) is 3.14. The first-order valence-electron chi connectivity index (χ1n) is 5.68. The van der Waals surface area contributed by atoms with Crippen LogP contribution in [-0.2, 0) is 5.60 Å². The van der Waals surface area contributed by atoms with Crippen molar-refractivity contribution in [1.82, 2.24) is 5.32 Å². The van der Waals surface area contributed by atoms with Gasteiger partial charge in [0.25, 0.3) is 0 Å². The van der Waals surface area contributed by atoms with Crippen LogP contribution in [0, 0.1) is 0 Å². The summed E-state index contributed by atoms with van der Waals surface area (Å²) in [6, 6.07) is 4.61. The van der Waals surface area contributed by atoms with E-state index < -0.39 is 5.60 Å². The number of rotatable bonds is 4. The molecule has 15 heavy (non-hydrogen) atoms. The second-order valence-corrected chi connectivity index (χ2v) is 5.56. The topological polar surface area (TPSA) is 32.3 Å². The van der Waals surface area contributed by atoms with Crippen molar-refractivity contribution in [2.45, 2.75) is 44.2 Å². The lowest BCUT2D eigenvalue weighted by atomic mass is 10.0. The lowest BCUT2D eigenvalue weighted by Crippen LogP contribution is -2.39. The van der Waals surface area contributed by atoms with Crippen LogP contribution in [0.2, 0.25) is 0 Å². The maximum atomic E-state index is 10.3. The summed E-state index contributed by atoms with van der Waals surface area (Å²) in [5.74, 6) is 0. The molecule has 1 fully saturated rings. The Labute approximate surface area is 95.3 Å². The lowest BCUT2D eigenvalue weighted by molar-refractivity contribution is 0.0577. The van der Waals surface area contributed by atoms with Gasteiger partial charge in [-0.25, -0.2) is 0 Å². The minimum atomic E-state index is -0.712. The molecule has 1 saturated carbocycles. The molecule has 0 bridgehead atoms. The van der Waals surface area contributed by atoms with Gasteiger partial charge in [-0.15, -0.1) is 11.3 Å². The Hall–Kier alpha value is -0.380. The molecule has 2 rings (SSSR count). The third kappa shape index (κ3) is 2.80. The molecule has 0 amide bonds.